The Balaban J connectivity index is 2.55. The van der Waals surface area contributed by atoms with Crippen molar-refractivity contribution in [1.82, 2.24) is 15.0 Å². The van der Waals surface area contributed by atoms with Crippen LogP contribution in [0.1, 0.15) is 12.1 Å². The highest BCUT2D eigenvalue weighted by Gasteiger charge is 2.16. The van der Waals surface area contributed by atoms with Gasteiger partial charge in [-0.3, -0.25) is 0 Å². The smallest absolute Gasteiger partial charge is 0.211 e. The molecule has 2 rings (SSSR count). The van der Waals surface area contributed by atoms with Crippen molar-refractivity contribution in [3.8, 4) is 5.69 Å². The second-order valence-electron chi connectivity index (χ2n) is 2.82. The zero-order chi connectivity index (χ0) is 10.8. The average molecular weight is 274 g/mol. The number of rotatable bonds is 2. The fraction of sp³-hybridized carbons (Fsp3) is 0.111. The number of alkyl halides is 2. The van der Waals surface area contributed by atoms with Crippen LogP contribution < -0.4 is 0 Å². The number of para-hydroxylation sites is 1. The number of aromatic nitrogens is 3. The molecule has 3 nitrogen and oxygen atoms in total. The van der Waals surface area contributed by atoms with Crippen LogP contribution in [-0.2, 0) is 0 Å². The van der Waals surface area contributed by atoms with Gasteiger partial charge in [-0.2, -0.15) is 0 Å². The van der Waals surface area contributed by atoms with Crippen LogP contribution in [0.15, 0.2) is 34.9 Å². The molecule has 0 unspecified atom stereocenters. The highest BCUT2D eigenvalue weighted by atomic mass is 79.9. The molecular formula is C9H6BrF2N3. The summed E-state index contributed by atoms with van der Waals surface area (Å²) in [6.45, 7) is 0. The number of hydrogen-bond acceptors (Lipinski definition) is 2. The molecule has 0 aliphatic rings. The SMILES string of the molecule is FC(F)c1cnnn1-c1ccccc1Br. The lowest BCUT2D eigenvalue weighted by Crippen LogP contribution is -2.03. The predicted molar refractivity (Wildman–Crippen MR) is 54.0 cm³/mol. The van der Waals surface area contributed by atoms with E-state index in [0.29, 0.717) is 10.2 Å². The minimum absolute atomic E-state index is 0.220. The van der Waals surface area contributed by atoms with Crippen LogP contribution in [0.3, 0.4) is 0 Å². The van der Waals surface area contributed by atoms with Crippen molar-refractivity contribution in [2.24, 2.45) is 0 Å². The molecular weight excluding hydrogens is 268 g/mol. The van der Waals surface area contributed by atoms with Crippen molar-refractivity contribution >= 4 is 15.9 Å². The van der Waals surface area contributed by atoms with Gasteiger partial charge in [-0.1, -0.05) is 17.3 Å². The molecule has 2 aromatic rings. The third kappa shape index (κ3) is 1.90. The predicted octanol–water partition coefficient (Wildman–Crippen LogP) is 2.97. The Hall–Kier alpha value is -1.30. The summed E-state index contributed by atoms with van der Waals surface area (Å²) in [7, 11) is 0. The van der Waals surface area contributed by atoms with E-state index in [9.17, 15) is 8.78 Å². The highest BCUT2D eigenvalue weighted by molar-refractivity contribution is 9.10. The number of halogens is 3. The summed E-state index contributed by atoms with van der Waals surface area (Å²) in [5, 5.41) is 7.10. The molecule has 0 N–H and O–H groups in total. The Morgan fingerprint density at radius 3 is 2.67 bits per heavy atom. The lowest BCUT2D eigenvalue weighted by Gasteiger charge is -2.06. The van der Waals surface area contributed by atoms with Gasteiger partial charge < -0.3 is 0 Å². The quantitative estimate of drug-likeness (QED) is 0.842. The molecule has 1 aromatic heterocycles. The highest BCUT2D eigenvalue weighted by Crippen LogP contribution is 2.25. The van der Waals surface area contributed by atoms with E-state index in [1.165, 1.54) is 0 Å². The van der Waals surface area contributed by atoms with Gasteiger partial charge in [-0.05, 0) is 28.1 Å². The van der Waals surface area contributed by atoms with Crippen LogP contribution in [0.4, 0.5) is 8.78 Å². The fourth-order valence-corrected chi connectivity index (χ4v) is 1.66. The molecule has 1 aromatic carbocycles. The van der Waals surface area contributed by atoms with Gasteiger partial charge in [0.05, 0.1) is 11.9 Å². The Morgan fingerprint density at radius 1 is 1.27 bits per heavy atom. The van der Waals surface area contributed by atoms with Gasteiger partial charge in [-0.25, -0.2) is 13.5 Å². The lowest BCUT2D eigenvalue weighted by molar-refractivity contribution is 0.143. The topological polar surface area (TPSA) is 30.7 Å². The summed E-state index contributed by atoms with van der Waals surface area (Å²) in [5.41, 5.74) is 0.326. The molecule has 0 atom stereocenters. The van der Waals surface area contributed by atoms with Gasteiger partial charge in [0.25, 0.3) is 6.43 Å². The zero-order valence-corrected chi connectivity index (χ0v) is 9.03. The Bertz CT molecular complexity index is 470. The van der Waals surface area contributed by atoms with Gasteiger partial charge in [0.15, 0.2) is 0 Å². The number of hydrogen-bond donors (Lipinski definition) is 0. The average Bonchev–Trinajstić information content (AvgIpc) is 2.67. The molecule has 0 fully saturated rings. The first-order chi connectivity index (χ1) is 7.20. The van der Waals surface area contributed by atoms with Gasteiger partial charge in [0, 0.05) is 4.47 Å². The monoisotopic (exact) mass is 273 g/mol. The first kappa shape index (κ1) is 10.2. The molecule has 6 heteroatoms. The first-order valence-corrected chi connectivity index (χ1v) is 4.93. The van der Waals surface area contributed by atoms with Crippen LogP contribution >= 0.6 is 15.9 Å². The van der Waals surface area contributed by atoms with E-state index in [2.05, 4.69) is 26.2 Å². The van der Waals surface area contributed by atoms with Crippen LogP contribution in [0.5, 0.6) is 0 Å². The molecule has 0 spiro atoms. The summed E-state index contributed by atoms with van der Waals surface area (Å²) in [6, 6.07) is 6.99. The maximum Gasteiger partial charge on any atom is 0.282 e. The molecule has 15 heavy (non-hydrogen) atoms. The maximum atomic E-state index is 12.6. The molecule has 0 aliphatic heterocycles. The van der Waals surface area contributed by atoms with Crippen LogP contribution in [0.2, 0.25) is 0 Å². The zero-order valence-electron chi connectivity index (χ0n) is 7.44. The molecule has 0 radical (unpaired) electrons. The van der Waals surface area contributed by atoms with E-state index in [1.807, 2.05) is 0 Å². The standard InChI is InChI=1S/C9H6BrF2N3/c10-6-3-1-2-4-7(6)15-8(9(11)12)5-13-14-15/h1-5,9H. The Kier molecular flexibility index (Phi) is 2.77. The first-order valence-electron chi connectivity index (χ1n) is 4.14. The Morgan fingerprint density at radius 2 is 2.00 bits per heavy atom. The van der Waals surface area contributed by atoms with Crippen LogP contribution in [-0.4, -0.2) is 15.0 Å². The lowest BCUT2D eigenvalue weighted by atomic mass is 10.3. The van der Waals surface area contributed by atoms with Crippen molar-refractivity contribution in [3.63, 3.8) is 0 Å². The van der Waals surface area contributed by atoms with E-state index in [1.54, 1.807) is 24.3 Å². The molecule has 0 bridgehead atoms. The normalized spacial score (nSPS) is 10.9. The van der Waals surface area contributed by atoms with Gasteiger partial charge >= 0.3 is 0 Å². The van der Waals surface area contributed by atoms with E-state index < -0.39 is 6.43 Å². The van der Waals surface area contributed by atoms with Crippen molar-refractivity contribution in [2.45, 2.75) is 6.43 Å². The van der Waals surface area contributed by atoms with Crippen molar-refractivity contribution < 1.29 is 8.78 Å². The molecule has 0 aliphatic carbocycles. The second kappa shape index (κ2) is 4.06. The summed E-state index contributed by atoms with van der Waals surface area (Å²) in [6.07, 6.45) is -1.53. The van der Waals surface area contributed by atoms with Gasteiger partial charge in [-0.15, -0.1) is 5.10 Å². The summed E-state index contributed by atoms with van der Waals surface area (Å²) in [4.78, 5) is 0. The van der Waals surface area contributed by atoms with E-state index in [4.69, 9.17) is 0 Å². The minimum Gasteiger partial charge on any atom is -0.211 e. The van der Waals surface area contributed by atoms with Gasteiger partial charge in [0.1, 0.15) is 5.69 Å². The molecule has 1 heterocycles. The Labute approximate surface area is 92.8 Å². The molecule has 0 saturated carbocycles. The van der Waals surface area contributed by atoms with Gasteiger partial charge in [0.2, 0.25) is 0 Å². The van der Waals surface area contributed by atoms with Crippen molar-refractivity contribution in [2.75, 3.05) is 0 Å². The number of benzene rings is 1. The fourth-order valence-electron chi connectivity index (χ4n) is 1.20. The van der Waals surface area contributed by atoms with Crippen molar-refractivity contribution in [3.05, 3.63) is 40.6 Å². The van der Waals surface area contributed by atoms with E-state index in [-0.39, 0.29) is 5.69 Å². The third-order valence-electron chi connectivity index (χ3n) is 1.88. The summed E-state index contributed by atoms with van der Waals surface area (Å²) < 4.78 is 26.9. The largest absolute Gasteiger partial charge is 0.282 e. The molecule has 0 saturated heterocycles. The minimum atomic E-state index is -2.59. The van der Waals surface area contributed by atoms with E-state index in [0.717, 1.165) is 10.9 Å². The number of nitrogens with zero attached hydrogens (tertiary/aromatic N) is 3. The maximum absolute atomic E-state index is 12.6. The van der Waals surface area contributed by atoms with Crippen LogP contribution in [0, 0.1) is 0 Å². The summed E-state index contributed by atoms with van der Waals surface area (Å²) in [5.74, 6) is 0. The second-order valence-corrected chi connectivity index (χ2v) is 3.68. The molecule has 0 amide bonds. The van der Waals surface area contributed by atoms with Crippen LogP contribution in [0.25, 0.3) is 5.69 Å². The molecule has 78 valence electrons. The summed E-state index contributed by atoms with van der Waals surface area (Å²) >= 11 is 3.27. The van der Waals surface area contributed by atoms with E-state index >= 15 is 0 Å². The van der Waals surface area contributed by atoms with Crippen molar-refractivity contribution in [1.29, 1.82) is 0 Å². The third-order valence-corrected chi connectivity index (χ3v) is 2.55.